The van der Waals surface area contributed by atoms with Crippen LogP contribution in [-0.2, 0) is 0 Å². The zero-order chi connectivity index (χ0) is 23.0. The third-order valence-corrected chi connectivity index (χ3v) is 6.71. The third-order valence-electron chi connectivity index (χ3n) is 5.59. The molecule has 4 aromatic rings. The number of fused-ring (bicyclic) bond motifs is 1. The molecule has 2 aromatic heterocycles. The van der Waals surface area contributed by atoms with Gasteiger partial charge in [-0.2, -0.15) is 0 Å². The largest absolute Gasteiger partial charge is 0.497 e. The van der Waals surface area contributed by atoms with Crippen LogP contribution >= 0.6 is 11.3 Å². The van der Waals surface area contributed by atoms with Crippen LogP contribution in [0, 0.1) is 20.8 Å². The number of anilines is 1. The number of nitrogens with two attached hydrogens (primary N) is 1. The number of primary amides is 1. The molecule has 0 aliphatic carbocycles. The molecule has 162 valence electrons. The molecule has 0 aliphatic rings. The number of aromatic nitrogens is 1. The summed E-state index contributed by atoms with van der Waals surface area (Å²) < 4.78 is 5.25. The number of carbonyl (C=O) groups excluding carboxylic acids is 2. The number of rotatable bonds is 5. The Bertz CT molecular complexity index is 1360. The Morgan fingerprint density at radius 2 is 1.66 bits per heavy atom. The lowest BCUT2D eigenvalue weighted by Crippen LogP contribution is -2.19. The molecule has 0 unspecified atom stereocenters. The number of hydrogen-bond acceptors (Lipinski definition) is 5. The lowest BCUT2D eigenvalue weighted by Gasteiger charge is -2.15. The highest BCUT2D eigenvalue weighted by Crippen LogP contribution is 2.35. The molecule has 0 saturated carbocycles. The van der Waals surface area contributed by atoms with E-state index in [1.807, 2.05) is 69.3 Å². The summed E-state index contributed by atoms with van der Waals surface area (Å²) in [6.45, 7) is 5.61. The topological polar surface area (TPSA) is 94.3 Å². The van der Waals surface area contributed by atoms with Crippen LogP contribution in [0.5, 0.6) is 5.75 Å². The van der Waals surface area contributed by atoms with E-state index in [1.165, 1.54) is 11.3 Å². The van der Waals surface area contributed by atoms with E-state index in [-0.39, 0.29) is 5.91 Å². The van der Waals surface area contributed by atoms with Gasteiger partial charge in [-0.25, -0.2) is 4.98 Å². The highest BCUT2D eigenvalue weighted by Gasteiger charge is 2.23. The number of nitrogens with one attached hydrogen (secondary N) is 1. The highest BCUT2D eigenvalue weighted by molar-refractivity contribution is 7.16. The number of thiophene rings is 1. The Morgan fingerprint density at radius 1 is 0.969 bits per heavy atom. The van der Waals surface area contributed by atoms with E-state index in [9.17, 15) is 9.59 Å². The minimum Gasteiger partial charge on any atom is -0.497 e. The SMILES string of the molecule is COc1ccc(-c2nc3ccccc3c(C(=O)Nc3sc(C)c(C)c3C(N)=O)c2C)cc1. The summed E-state index contributed by atoms with van der Waals surface area (Å²) in [4.78, 5) is 31.3. The van der Waals surface area contributed by atoms with Crippen LogP contribution in [0.1, 0.15) is 36.7 Å². The van der Waals surface area contributed by atoms with E-state index in [0.717, 1.165) is 32.7 Å². The smallest absolute Gasteiger partial charge is 0.257 e. The number of para-hydroxylation sites is 1. The standard InChI is InChI=1S/C25H23N3O3S/c1-13-15(3)32-25(21(13)23(26)29)28-24(30)20-14(2)22(16-9-11-17(31-4)12-10-16)27-19-8-6-5-7-18(19)20/h5-12H,1-4H3,(H2,26,29)(H,28,30). The van der Waals surface area contributed by atoms with Gasteiger partial charge in [-0.05, 0) is 62.2 Å². The molecule has 0 radical (unpaired) electrons. The molecule has 0 aliphatic heterocycles. The number of pyridine rings is 1. The molecule has 3 N–H and O–H groups in total. The van der Waals surface area contributed by atoms with Crippen molar-refractivity contribution in [3.8, 4) is 17.0 Å². The number of carbonyl (C=O) groups is 2. The number of amides is 2. The van der Waals surface area contributed by atoms with Crippen molar-refractivity contribution < 1.29 is 14.3 Å². The van der Waals surface area contributed by atoms with Gasteiger partial charge in [0.05, 0.1) is 29.4 Å². The minimum atomic E-state index is -0.558. The van der Waals surface area contributed by atoms with E-state index in [1.54, 1.807) is 7.11 Å². The Balaban J connectivity index is 1.86. The van der Waals surface area contributed by atoms with Crippen molar-refractivity contribution in [3.05, 3.63) is 75.7 Å². The van der Waals surface area contributed by atoms with E-state index in [4.69, 9.17) is 15.5 Å². The van der Waals surface area contributed by atoms with Gasteiger partial charge in [-0.3, -0.25) is 9.59 Å². The maximum Gasteiger partial charge on any atom is 0.257 e. The second kappa shape index (κ2) is 8.43. The van der Waals surface area contributed by atoms with Gasteiger partial charge < -0.3 is 15.8 Å². The summed E-state index contributed by atoms with van der Waals surface area (Å²) in [5.74, 6) is -0.121. The first-order valence-electron chi connectivity index (χ1n) is 10.1. The van der Waals surface area contributed by atoms with Gasteiger partial charge in [0, 0.05) is 15.8 Å². The van der Waals surface area contributed by atoms with Crippen LogP contribution in [0.4, 0.5) is 5.00 Å². The molecular formula is C25H23N3O3S. The lowest BCUT2D eigenvalue weighted by atomic mass is 9.97. The fourth-order valence-electron chi connectivity index (χ4n) is 3.81. The molecule has 2 amide bonds. The predicted octanol–water partition coefficient (Wildman–Crippen LogP) is 5.25. The number of aryl methyl sites for hydroxylation is 1. The summed E-state index contributed by atoms with van der Waals surface area (Å²) >= 11 is 1.35. The molecule has 0 bridgehead atoms. The van der Waals surface area contributed by atoms with Crippen molar-refractivity contribution in [1.29, 1.82) is 0 Å². The fraction of sp³-hybridized carbons (Fsp3) is 0.160. The van der Waals surface area contributed by atoms with Gasteiger partial charge in [0.15, 0.2) is 0 Å². The molecule has 2 heterocycles. The first kappa shape index (κ1) is 21.5. The van der Waals surface area contributed by atoms with Crippen LogP contribution in [0.2, 0.25) is 0 Å². The first-order chi connectivity index (χ1) is 15.3. The van der Waals surface area contributed by atoms with Crippen molar-refractivity contribution >= 4 is 39.1 Å². The number of benzene rings is 2. The van der Waals surface area contributed by atoms with Crippen LogP contribution in [-0.4, -0.2) is 23.9 Å². The monoisotopic (exact) mass is 445 g/mol. The van der Waals surface area contributed by atoms with Gasteiger partial charge in [0.2, 0.25) is 0 Å². The Kier molecular flexibility index (Phi) is 5.67. The van der Waals surface area contributed by atoms with Crippen LogP contribution in [0.3, 0.4) is 0 Å². The quantitative estimate of drug-likeness (QED) is 0.439. The van der Waals surface area contributed by atoms with Gasteiger partial charge in [-0.15, -0.1) is 11.3 Å². The minimum absolute atomic E-state index is 0.306. The van der Waals surface area contributed by atoms with Crippen LogP contribution < -0.4 is 15.8 Å². The normalized spacial score (nSPS) is 10.9. The number of nitrogens with zero attached hydrogens (tertiary/aromatic N) is 1. The van der Waals surface area contributed by atoms with E-state index in [2.05, 4.69) is 5.32 Å². The Morgan fingerprint density at radius 3 is 2.31 bits per heavy atom. The number of ether oxygens (including phenoxy) is 1. The van der Waals surface area contributed by atoms with Gasteiger partial charge in [-0.1, -0.05) is 18.2 Å². The van der Waals surface area contributed by atoms with Gasteiger partial charge >= 0.3 is 0 Å². The first-order valence-corrected chi connectivity index (χ1v) is 10.9. The van der Waals surface area contributed by atoms with Crippen molar-refractivity contribution in [2.45, 2.75) is 20.8 Å². The average molecular weight is 446 g/mol. The summed E-state index contributed by atoms with van der Waals surface area (Å²) in [6, 6.07) is 15.1. The molecule has 32 heavy (non-hydrogen) atoms. The lowest BCUT2D eigenvalue weighted by molar-refractivity contribution is 0.100. The van der Waals surface area contributed by atoms with Gasteiger partial charge in [0.25, 0.3) is 11.8 Å². The number of hydrogen-bond donors (Lipinski definition) is 2. The van der Waals surface area contributed by atoms with Crippen LogP contribution in [0.25, 0.3) is 22.2 Å². The average Bonchev–Trinajstić information content (AvgIpc) is 3.06. The summed E-state index contributed by atoms with van der Waals surface area (Å²) in [6.07, 6.45) is 0. The summed E-state index contributed by atoms with van der Waals surface area (Å²) in [7, 11) is 1.62. The van der Waals surface area contributed by atoms with Crippen LogP contribution in [0.15, 0.2) is 48.5 Å². The van der Waals surface area contributed by atoms with Crippen molar-refractivity contribution in [2.75, 3.05) is 12.4 Å². The van der Waals surface area contributed by atoms with Crippen molar-refractivity contribution in [3.63, 3.8) is 0 Å². The van der Waals surface area contributed by atoms with E-state index < -0.39 is 5.91 Å². The molecule has 0 fully saturated rings. The van der Waals surface area contributed by atoms with Crippen molar-refractivity contribution in [1.82, 2.24) is 4.98 Å². The molecule has 4 rings (SSSR count). The molecule has 2 aromatic carbocycles. The van der Waals surface area contributed by atoms with Crippen molar-refractivity contribution in [2.24, 2.45) is 5.73 Å². The molecule has 6 nitrogen and oxygen atoms in total. The third kappa shape index (κ3) is 3.71. The summed E-state index contributed by atoms with van der Waals surface area (Å²) in [5, 5.41) is 4.13. The van der Waals surface area contributed by atoms with Gasteiger partial charge in [0.1, 0.15) is 10.8 Å². The zero-order valence-corrected chi connectivity index (χ0v) is 19.1. The zero-order valence-electron chi connectivity index (χ0n) is 18.3. The molecular weight excluding hydrogens is 422 g/mol. The maximum atomic E-state index is 13.5. The summed E-state index contributed by atoms with van der Waals surface area (Å²) in [5.41, 5.74) is 10.3. The molecule has 0 saturated heterocycles. The number of methoxy groups -OCH3 is 1. The highest BCUT2D eigenvalue weighted by atomic mass is 32.1. The molecule has 0 spiro atoms. The van der Waals surface area contributed by atoms with E-state index >= 15 is 0 Å². The predicted molar refractivity (Wildman–Crippen MR) is 129 cm³/mol. The fourth-order valence-corrected chi connectivity index (χ4v) is 4.87. The second-order valence-electron chi connectivity index (χ2n) is 7.51. The molecule has 0 atom stereocenters. The Hall–Kier alpha value is -3.71. The maximum absolute atomic E-state index is 13.5. The second-order valence-corrected chi connectivity index (χ2v) is 8.74. The van der Waals surface area contributed by atoms with E-state index in [0.29, 0.717) is 27.3 Å². The molecule has 7 heteroatoms. The Labute approximate surface area is 190 Å².